The van der Waals surface area contributed by atoms with E-state index in [9.17, 15) is 8.78 Å². The van der Waals surface area contributed by atoms with Crippen LogP contribution in [0.2, 0.25) is 0 Å². The normalized spacial score (nSPS) is 10.6. The Morgan fingerprint density at radius 2 is 2.22 bits per heavy atom. The summed E-state index contributed by atoms with van der Waals surface area (Å²) in [6, 6.07) is 0. The maximum Gasteiger partial charge on any atom is 0.245 e. The van der Waals surface area contributed by atoms with Gasteiger partial charge in [-0.25, -0.2) is 8.78 Å². The van der Waals surface area contributed by atoms with Crippen molar-refractivity contribution in [2.75, 3.05) is 6.54 Å². The molecule has 0 spiro atoms. The minimum Gasteiger partial charge on any atom is -0.207 e. The van der Waals surface area contributed by atoms with Crippen LogP contribution >= 0.6 is 0 Å². The molecule has 0 aliphatic rings. The summed E-state index contributed by atoms with van der Waals surface area (Å²) in [5.74, 6) is -2.71. The molecule has 0 bridgehead atoms. The van der Waals surface area contributed by atoms with E-state index in [1.165, 1.54) is 0 Å². The van der Waals surface area contributed by atoms with Crippen LogP contribution in [-0.2, 0) is 0 Å². The van der Waals surface area contributed by atoms with E-state index in [-0.39, 0.29) is 13.0 Å². The fourth-order valence-electron chi connectivity index (χ4n) is 0.291. The third-order valence-electron chi connectivity index (χ3n) is 0.714. The van der Waals surface area contributed by atoms with Crippen LogP contribution in [0.5, 0.6) is 0 Å². The molecule has 0 heterocycles. The molecule has 0 aliphatic carbocycles. The fourth-order valence-corrected chi connectivity index (χ4v) is 0.291. The maximum absolute atomic E-state index is 11.9. The molecule has 0 aromatic heterocycles. The molecule has 5 heteroatoms. The Hall–Kier alpha value is -0.830. The average Bonchev–Trinajstić information content (AvgIpc) is 1.63. The van der Waals surface area contributed by atoms with Crippen LogP contribution < -0.4 is 0 Å². The summed E-state index contributed by atoms with van der Waals surface area (Å²) in [5, 5.41) is 2.96. The van der Waals surface area contributed by atoms with Crippen molar-refractivity contribution in [3.63, 3.8) is 0 Å². The van der Waals surface area contributed by atoms with Gasteiger partial charge in [-0.2, -0.15) is 0 Å². The van der Waals surface area contributed by atoms with Crippen LogP contribution in [0.25, 0.3) is 10.4 Å². The highest BCUT2D eigenvalue weighted by molar-refractivity contribution is 4.59. The standard InChI is InChI=1S/C4H7F2N3/c1-4(5,6)2-3-8-9-7/h2-3H2,1H3. The molecule has 0 fully saturated rings. The summed E-state index contributed by atoms with van der Waals surface area (Å²) < 4.78 is 23.7. The first-order valence-electron chi connectivity index (χ1n) is 2.45. The predicted octanol–water partition coefficient (Wildman–Crippen LogP) is 2.34. The Kier molecular flexibility index (Phi) is 2.95. The lowest BCUT2D eigenvalue weighted by molar-refractivity contribution is 0.0157. The summed E-state index contributed by atoms with van der Waals surface area (Å²) in [6.45, 7) is 0.653. The van der Waals surface area contributed by atoms with Crippen molar-refractivity contribution in [2.45, 2.75) is 19.3 Å². The number of halogens is 2. The lowest BCUT2D eigenvalue weighted by Crippen LogP contribution is -2.10. The maximum atomic E-state index is 11.9. The summed E-state index contributed by atoms with van der Waals surface area (Å²) >= 11 is 0. The van der Waals surface area contributed by atoms with Gasteiger partial charge < -0.3 is 0 Å². The summed E-state index contributed by atoms with van der Waals surface area (Å²) in [4.78, 5) is 2.33. The quantitative estimate of drug-likeness (QED) is 0.324. The van der Waals surface area contributed by atoms with Crippen LogP contribution in [0.1, 0.15) is 13.3 Å². The van der Waals surface area contributed by atoms with Gasteiger partial charge in [0.05, 0.1) is 0 Å². The molecule has 3 nitrogen and oxygen atoms in total. The van der Waals surface area contributed by atoms with Crippen molar-refractivity contribution < 1.29 is 8.78 Å². The first-order valence-corrected chi connectivity index (χ1v) is 2.45. The molecule has 0 saturated carbocycles. The Labute approximate surface area is 51.3 Å². The van der Waals surface area contributed by atoms with Gasteiger partial charge in [-0.15, -0.1) is 0 Å². The molecule has 52 valence electrons. The summed E-state index contributed by atoms with van der Waals surface area (Å²) in [7, 11) is 0. The first-order chi connectivity index (χ1) is 4.06. The van der Waals surface area contributed by atoms with Gasteiger partial charge in [-0.05, 0) is 12.5 Å². The second-order valence-electron chi connectivity index (χ2n) is 1.77. The highest BCUT2D eigenvalue weighted by Gasteiger charge is 2.18. The van der Waals surface area contributed by atoms with Crippen LogP contribution in [0.15, 0.2) is 5.11 Å². The monoisotopic (exact) mass is 135 g/mol. The van der Waals surface area contributed by atoms with Crippen LogP contribution in [0, 0.1) is 0 Å². The number of hydrogen-bond acceptors (Lipinski definition) is 1. The number of alkyl halides is 2. The van der Waals surface area contributed by atoms with Gasteiger partial charge in [0.25, 0.3) is 0 Å². The molecular formula is C4H7F2N3. The van der Waals surface area contributed by atoms with E-state index >= 15 is 0 Å². The van der Waals surface area contributed by atoms with E-state index in [1.54, 1.807) is 0 Å². The zero-order valence-corrected chi connectivity index (χ0v) is 5.01. The molecule has 0 radical (unpaired) electrons. The molecule has 9 heavy (non-hydrogen) atoms. The molecular weight excluding hydrogens is 128 g/mol. The molecule has 0 amide bonds. The summed E-state index contributed by atoms with van der Waals surface area (Å²) in [6.07, 6.45) is -0.378. The topological polar surface area (TPSA) is 48.8 Å². The molecule has 0 aromatic carbocycles. The van der Waals surface area contributed by atoms with Gasteiger partial charge in [-0.3, -0.25) is 0 Å². The van der Waals surface area contributed by atoms with Gasteiger partial charge in [0, 0.05) is 17.9 Å². The lowest BCUT2D eigenvalue weighted by Gasteiger charge is -2.05. The minimum absolute atomic E-state index is 0.139. The molecule has 0 saturated heterocycles. The van der Waals surface area contributed by atoms with Gasteiger partial charge in [-0.1, -0.05) is 5.11 Å². The van der Waals surface area contributed by atoms with Crippen molar-refractivity contribution in [3.8, 4) is 0 Å². The number of azide groups is 1. The minimum atomic E-state index is -2.71. The van der Waals surface area contributed by atoms with Crippen molar-refractivity contribution in [2.24, 2.45) is 5.11 Å². The van der Waals surface area contributed by atoms with E-state index < -0.39 is 5.92 Å². The molecule has 0 atom stereocenters. The van der Waals surface area contributed by atoms with E-state index in [4.69, 9.17) is 5.53 Å². The number of rotatable bonds is 3. The van der Waals surface area contributed by atoms with E-state index in [1.807, 2.05) is 0 Å². The Bertz CT molecular complexity index is 122. The highest BCUT2D eigenvalue weighted by atomic mass is 19.3. The van der Waals surface area contributed by atoms with Crippen molar-refractivity contribution in [1.82, 2.24) is 0 Å². The van der Waals surface area contributed by atoms with Gasteiger partial charge in [0.1, 0.15) is 0 Å². The smallest absolute Gasteiger partial charge is 0.207 e. The third kappa shape index (κ3) is 7.17. The second-order valence-corrected chi connectivity index (χ2v) is 1.77. The van der Waals surface area contributed by atoms with Gasteiger partial charge in [0.2, 0.25) is 5.92 Å². The van der Waals surface area contributed by atoms with E-state index in [0.29, 0.717) is 0 Å². The first kappa shape index (κ1) is 8.17. The lowest BCUT2D eigenvalue weighted by atomic mass is 10.3. The molecule has 0 unspecified atom stereocenters. The highest BCUT2D eigenvalue weighted by Crippen LogP contribution is 2.15. The van der Waals surface area contributed by atoms with Crippen molar-refractivity contribution in [3.05, 3.63) is 10.4 Å². The Balaban J connectivity index is 3.39. The zero-order valence-electron chi connectivity index (χ0n) is 5.01. The fraction of sp³-hybridized carbons (Fsp3) is 1.00. The molecule has 0 aromatic rings. The largest absolute Gasteiger partial charge is 0.245 e. The number of hydrogen-bond donors (Lipinski definition) is 0. The second kappa shape index (κ2) is 3.25. The molecule has 0 aliphatic heterocycles. The Morgan fingerprint density at radius 1 is 1.67 bits per heavy atom. The van der Waals surface area contributed by atoms with E-state index in [2.05, 4.69) is 10.0 Å². The third-order valence-corrected chi connectivity index (χ3v) is 0.714. The van der Waals surface area contributed by atoms with Crippen molar-refractivity contribution >= 4 is 0 Å². The SMILES string of the molecule is CC(F)(F)CCN=[N+]=[N-]. The number of nitrogens with zero attached hydrogens (tertiary/aromatic N) is 3. The summed E-state index contributed by atoms with van der Waals surface area (Å²) in [5.41, 5.74) is 7.68. The Morgan fingerprint density at radius 3 is 2.56 bits per heavy atom. The van der Waals surface area contributed by atoms with Crippen LogP contribution in [0.4, 0.5) is 8.78 Å². The van der Waals surface area contributed by atoms with Crippen molar-refractivity contribution in [1.29, 1.82) is 0 Å². The average molecular weight is 135 g/mol. The van der Waals surface area contributed by atoms with Gasteiger partial charge >= 0.3 is 0 Å². The predicted molar refractivity (Wildman–Crippen MR) is 29.3 cm³/mol. The molecule has 0 rings (SSSR count). The van der Waals surface area contributed by atoms with Crippen LogP contribution in [-0.4, -0.2) is 12.5 Å². The van der Waals surface area contributed by atoms with Gasteiger partial charge in [0.15, 0.2) is 0 Å². The molecule has 0 N–H and O–H groups in total. The zero-order chi connectivity index (χ0) is 7.33. The van der Waals surface area contributed by atoms with E-state index in [0.717, 1.165) is 6.92 Å². The van der Waals surface area contributed by atoms with Crippen LogP contribution in [0.3, 0.4) is 0 Å².